The Hall–Kier alpha value is -2.58. The lowest BCUT2D eigenvalue weighted by molar-refractivity contribution is 0.0218. The molecule has 1 aliphatic rings. The standard InChI is InChI=1S/C19H25N7O/c1-14(26-8-10-27-11-9-26)13-24(2)18-16-12-21-25(3)19(16)23-17(22-18)15-4-6-20-7-5-15/h4-7,12,14H,8-11,13H2,1-3H3. The lowest BCUT2D eigenvalue weighted by Gasteiger charge is -2.34. The van der Waals surface area contributed by atoms with E-state index >= 15 is 0 Å². The molecular formula is C19H25N7O. The third kappa shape index (κ3) is 3.63. The molecule has 1 fully saturated rings. The molecule has 0 spiro atoms. The van der Waals surface area contributed by atoms with Crippen molar-refractivity contribution in [1.82, 2.24) is 29.6 Å². The second kappa shape index (κ2) is 7.58. The fourth-order valence-electron chi connectivity index (χ4n) is 3.54. The summed E-state index contributed by atoms with van der Waals surface area (Å²) in [7, 11) is 3.99. The Morgan fingerprint density at radius 1 is 1.19 bits per heavy atom. The second-order valence-corrected chi connectivity index (χ2v) is 6.99. The molecule has 0 amide bonds. The summed E-state index contributed by atoms with van der Waals surface area (Å²) in [5.74, 6) is 1.59. The number of aromatic nitrogens is 5. The van der Waals surface area contributed by atoms with Crippen LogP contribution in [0.15, 0.2) is 30.7 Å². The average Bonchev–Trinajstić information content (AvgIpc) is 3.09. The summed E-state index contributed by atoms with van der Waals surface area (Å²) in [5.41, 5.74) is 1.78. The minimum absolute atomic E-state index is 0.407. The van der Waals surface area contributed by atoms with Gasteiger partial charge in [-0.25, -0.2) is 9.97 Å². The summed E-state index contributed by atoms with van der Waals surface area (Å²) in [6.45, 7) is 6.69. The lowest BCUT2D eigenvalue weighted by Crippen LogP contribution is -2.46. The number of fused-ring (bicyclic) bond motifs is 1. The van der Waals surface area contributed by atoms with E-state index in [-0.39, 0.29) is 0 Å². The van der Waals surface area contributed by atoms with Crippen LogP contribution >= 0.6 is 0 Å². The first-order valence-electron chi connectivity index (χ1n) is 9.26. The van der Waals surface area contributed by atoms with E-state index in [1.54, 1.807) is 17.1 Å². The molecule has 8 heteroatoms. The summed E-state index contributed by atoms with van der Waals surface area (Å²) in [5, 5.41) is 5.36. The maximum absolute atomic E-state index is 5.47. The Labute approximate surface area is 158 Å². The summed E-state index contributed by atoms with van der Waals surface area (Å²) >= 11 is 0. The number of hydrogen-bond acceptors (Lipinski definition) is 7. The number of hydrogen-bond donors (Lipinski definition) is 0. The van der Waals surface area contributed by atoms with Gasteiger partial charge in [-0.15, -0.1) is 0 Å². The van der Waals surface area contributed by atoms with Crippen LogP contribution < -0.4 is 4.90 Å². The van der Waals surface area contributed by atoms with Crippen molar-refractivity contribution in [3.8, 4) is 11.4 Å². The van der Waals surface area contributed by atoms with Crippen molar-refractivity contribution in [1.29, 1.82) is 0 Å². The maximum atomic E-state index is 5.47. The van der Waals surface area contributed by atoms with Crippen LogP contribution in [0, 0.1) is 0 Å². The molecular weight excluding hydrogens is 342 g/mol. The Kier molecular flexibility index (Phi) is 5.00. The van der Waals surface area contributed by atoms with E-state index in [0.29, 0.717) is 11.9 Å². The van der Waals surface area contributed by atoms with E-state index in [9.17, 15) is 0 Å². The van der Waals surface area contributed by atoms with Crippen LogP contribution in [0.5, 0.6) is 0 Å². The summed E-state index contributed by atoms with van der Waals surface area (Å²) < 4.78 is 7.27. The zero-order chi connectivity index (χ0) is 18.8. The number of morpholine rings is 1. The summed E-state index contributed by atoms with van der Waals surface area (Å²) in [6.07, 6.45) is 5.36. The van der Waals surface area contributed by atoms with Crippen LogP contribution in [-0.4, -0.2) is 75.6 Å². The lowest BCUT2D eigenvalue weighted by atomic mass is 10.2. The molecule has 0 aromatic carbocycles. The Morgan fingerprint density at radius 3 is 2.67 bits per heavy atom. The van der Waals surface area contributed by atoms with Gasteiger partial charge in [0.15, 0.2) is 11.5 Å². The van der Waals surface area contributed by atoms with E-state index in [1.165, 1.54) is 0 Å². The number of likely N-dealkylation sites (N-methyl/N-ethyl adjacent to an activating group) is 1. The van der Waals surface area contributed by atoms with Crippen LogP contribution in [0.25, 0.3) is 22.4 Å². The van der Waals surface area contributed by atoms with Gasteiger partial charge in [0.1, 0.15) is 5.82 Å². The van der Waals surface area contributed by atoms with Gasteiger partial charge in [-0.2, -0.15) is 5.10 Å². The Balaban J connectivity index is 1.67. The molecule has 3 aromatic rings. The predicted molar refractivity (Wildman–Crippen MR) is 105 cm³/mol. The SMILES string of the molecule is CC(CN(C)c1nc(-c2ccncc2)nc2c1cnn2C)N1CCOCC1. The van der Waals surface area contributed by atoms with Gasteiger partial charge in [0.05, 0.1) is 24.8 Å². The molecule has 1 aliphatic heterocycles. The highest BCUT2D eigenvalue weighted by Crippen LogP contribution is 2.26. The molecule has 0 aliphatic carbocycles. The molecule has 4 rings (SSSR count). The maximum Gasteiger partial charge on any atom is 0.164 e. The Bertz CT molecular complexity index is 905. The molecule has 0 N–H and O–H groups in total. The van der Waals surface area contributed by atoms with Crippen molar-refractivity contribution in [3.63, 3.8) is 0 Å². The minimum atomic E-state index is 0.407. The normalized spacial score (nSPS) is 16.6. The van der Waals surface area contributed by atoms with E-state index in [1.807, 2.05) is 25.4 Å². The van der Waals surface area contributed by atoms with Gasteiger partial charge in [-0.1, -0.05) is 0 Å². The average molecular weight is 367 g/mol. The van der Waals surface area contributed by atoms with Gasteiger partial charge in [0.2, 0.25) is 0 Å². The van der Waals surface area contributed by atoms with Crippen LogP contribution in [0.2, 0.25) is 0 Å². The van der Waals surface area contributed by atoms with E-state index in [2.05, 4.69) is 33.9 Å². The van der Waals surface area contributed by atoms with Crippen LogP contribution in [0.1, 0.15) is 6.92 Å². The fourth-order valence-corrected chi connectivity index (χ4v) is 3.54. The molecule has 4 heterocycles. The molecule has 1 atom stereocenters. The van der Waals surface area contributed by atoms with Crippen LogP contribution in [0.4, 0.5) is 5.82 Å². The van der Waals surface area contributed by atoms with Crippen molar-refractivity contribution in [2.45, 2.75) is 13.0 Å². The van der Waals surface area contributed by atoms with Crippen molar-refractivity contribution in [3.05, 3.63) is 30.7 Å². The first kappa shape index (κ1) is 17.8. The first-order valence-corrected chi connectivity index (χ1v) is 9.26. The van der Waals surface area contributed by atoms with Crippen molar-refractivity contribution >= 4 is 16.9 Å². The van der Waals surface area contributed by atoms with Crippen LogP contribution in [0.3, 0.4) is 0 Å². The van der Waals surface area contributed by atoms with E-state index in [0.717, 1.165) is 55.3 Å². The smallest absolute Gasteiger partial charge is 0.164 e. The Morgan fingerprint density at radius 2 is 1.93 bits per heavy atom. The van der Waals surface area contributed by atoms with Gasteiger partial charge in [-0.3, -0.25) is 14.6 Å². The van der Waals surface area contributed by atoms with Crippen molar-refractivity contribution < 1.29 is 4.74 Å². The largest absolute Gasteiger partial charge is 0.379 e. The summed E-state index contributed by atoms with van der Waals surface area (Å²) in [4.78, 5) is 18.4. The van der Waals surface area contributed by atoms with E-state index in [4.69, 9.17) is 14.7 Å². The number of rotatable bonds is 5. The number of anilines is 1. The van der Waals surface area contributed by atoms with Gasteiger partial charge in [0.25, 0.3) is 0 Å². The molecule has 1 unspecified atom stereocenters. The van der Waals surface area contributed by atoms with Gasteiger partial charge in [-0.05, 0) is 19.1 Å². The molecule has 0 bridgehead atoms. The fraction of sp³-hybridized carbons (Fsp3) is 0.474. The highest BCUT2D eigenvalue weighted by molar-refractivity contribution is 5.88. The predicted octanol–water partition coefficient (Wildman–Crippen LogP) is 1.58. The van der Waals surface area contributed by atoms with Gasteiger partial charge in [0, 0.05) is 57.7 Å². The molecule has 8 nitrogen and oxygen atoms in total. The third-order valence-corrected chi connectivity index (χ3v) is 5.08. The zero-order valence-corrected chi connectivity index (χ0v) is 16.0. The van der Waals surface area contributed by atoms with Crippen LogP contribution in [-0.2, 0) is 11.8 Å². The zero-order valence-electron chi connectivity index (χ0n) is 16.0. The molecule has 142 valence electrons. The number of aryl methyl sites for hydroxylation is 1. The van der Waals surface area contributed by atoms with Crippen molar-refractivity contribution in [2.75, 3.05) is 44.8 Å². The molecule has 1 saturated heterocycles. The summed E-state index contributed by atoms with van der Waals surface area (Å²) in [6, 6.07) is 4.26. The first-order chi connectivity index (χ1) is 13.1. The molecule has 3 aromatic heterocycles. The van der Waals surface area contributed by atoms with E-state index < -0.39 is 0 Å². The van der Waals surface area contributed by atoms with Crippen molar-refractivity contribution in [2.24, 2.45) is 7.05 Å². The topological polar surface area (TPSA) is 72.2 Å². The quantitative estimate of drug-likeness (QED) is 0.678. The minimum Gasteiger partial charge on any atom is -0.379 e. The molecule has 0 saturated carbocycles. The number of nitrogens with zero attached hydrogens (tertiary/aromatic N) is 7. The second-order valence-electron chi connectivity index (χ2n) is 6.99. The third-order valence-electron chi connectivity index (χ3n) is 5.08. The number of ether oxygens (including phenoxy) is 1. The van der Waals surface area contributed by atoms with Gasteiger partial charge < -0.3 is 9.64 Å². The molecule has 0 radical (unpaired) electrons. The monoisotopic (exact) mass is 367 g/mol. The highest BCUT2D eigenvalue weighted by Gasteiger charge is 2.21. The number of pyridine rings is 1. The molecule has 27 heavy (non-hydrogen) atoms. The van der Waals surface area contributed by atoms with Gasteiger partial charge >= 0.3 is 0 Å². The highest BCUT2D eigenvalue weighted by atomic mass is 16.5.